The number of fused-ring (bicyclic) bond motifs is 1. The number of nitrogens with zero attached hydrogens (tertiary/aromatic N) is 4. The second-order valence-corrected chi connectivity index (χ2v) is 5.46. The zero-order valence-electron chi connectivity index (χ0n) is 13.2. The molecule has 10 heteroatoms. The van der Waals surface area contributed by atoms with Crippen molar-refractivity contribution in [3.05, 3.63) is 61.5 Å². The van der Waals surface area contributed by atoms with Crippen molar-refractivity contribution in [1.29, 1.82) is 0 Å². The van der Waals surface area contributed by atoms with Crippen LogP contribution in [0.15, 0.2) is 27.8 Å². The molecule has 0 saturated heterocycles. The second kappa shape index (κ2) is 7.18. The summed E-state index contributed by atoms with van der Waals surface area (Å²) in [5.41, 5.74) is -0.649. The predicted octanol–water partition coefficient (Wildman–Crippen LogP) is 1.03. The van der Waals surface area contributed by atoms with Crippen molar-refractivity contribution in [3.8, 4) is 0 Å². The van der Waals surface area contributed by atoms with Crippen LogP contribution in [0.25, 0.3) is 11.2 Å². The van der Waals surface area contributed by atoms with Gasteiger partial charge in [0, 0.05) is 71.5 Å². The summed E-state index contributed by atoms with van der Waals surface area (Å²) in [6.45, 7) is -0.0581. The number of aryl methyl sites for hydroxylation is 1. The number of halogens is 3. The fraction of sp³-hybridized carbons (Fsp3) is 0.214. The number of imidazole rings is 1. The molecule has 3 aromatic rings. The van der Waals surface area contributed by atoms with E-state index < -0.39 is 22.9 Å². The monoisotopic (exact) mass is 379 g/mol. The molecule has 0 amide bonds. The molecule has 121 valence electrons. The van der Waals surface area contributed by atoms with Crippen molar-refractivity contribution < 1.29 is 8.78 Å². The zero-order chi connectivity index (χ0) is 16.9. The molecule has 0 aliphatic carbocycles. The molecule has 3 rings (SSSR count). The smallest absolute Gasteiger partial charge is 0.304 e. The van der Waals surface area contributed by atoms with Crippen molar-refractivity contribution >= 4 is 74.1 Å². The average Bonchev–Trinajstić information content (AvgIpc) is 2.79. The van der Waals surface area contributed by atoms with E-state index in [1.165, 1.54) is 23.2 Å². The van der Waals surface area contributed by atoms with Gasteiger partial charge in [0.2, 0.25) is 5.28 Å². The number of hydrogen-bond acceptors (Lipinski definition) is 3. The van der Waals surface area contributed by atoms with E-state index in [0.717, 1.165) is 22.8 Å². The third-order valence-electron chi connectivity index (χ3n) is 3.56. The van der Waals surface area contributed by atoms with Gasteiger partial charge in [-0.05, 0) is 29.3 Å². The Morgan fingerprint density at radius 3 is 2.25 bits per heavy atom. The quantitative estimate of drug-likeness (QED) is 0.493. The maximum Gasteiger partial charge on any atom is 0.332 e. The summed E-state index contributed by atoms with van der Waals surface area (Å²) >= 11 is 6.05. The number of rotatable bonds is 2. The van der Waals surface area contributed by atoms with E-state index in [4.69, 9.17) is 11.6 Å². The van der Waals surface area contributed by atoms with Crippen LogP contribution in [0, 0.1) is 11.6 Å². The standard InChI is InChI=1S/C14H11ClF2N4O2.K/c1-19-11-10(12(22)20(2)14(19)23)21(13(15)18-11)6-7-3-8(16)5-9(17)4-7;/h3-5H,6H2,1-2H3;. The van der Waals surface area contributed by atoms with Crippen LogP contribution < -0.4 is 11.2 Å². The Labute approximate surface area is 182 Å². The minimum atomic E-state index is -0.735. The third kappa shape index (κ3) is 3.28. The summed E-state index contributed by atoms with van der Waals surface area (Å²) in [7, 11) is 2.79. The Hall–Kier alpha value is -0.844. The first-order valence-electron chi connectivity index (χ1n) is 6.56. The largest absolute Gasteiger partial charge is 0.332 e. The molecular weight excluding hydrogens is 369 g/mol. The van der Waals surface area contributed by atoms with Gasteiger partial charge >= 0.3 is 5.69 Å². The summed E-state index contributed by atoms with van der Waals surface area (Å²) in [6, 6.07) is 3.02. The van der Waals surface area contributed by atoms with Gasteiger partial charge in [-0.2, -0.15) is 4.98 Å². The minimum Gasteiger partial charge on any atom is -0.304 e. The van der Waals surface area contributed by atoms with Gasteiger partial charge in [-0.1, -0.05) is 0 Å². The van der Waals surface area contributed by atoms with Crippen molar-refractivity contribution in [2.24, 2.45) is 14.1 Å². The summed E-state index contributed by atoms with van der Waals surface area (Å²) in [4.78, 5) is 28.3. The Kier molecular flexibility index (Phi) is 5.83. The molecule has 0 spiro atoms. The normalized spacial score (nSPS) is 10.9. The molecule has 0 fully saturated rings. The molecule has 1 aromatic carbocycles. The van der Waals surface area contributed by atoms with Gasteiger partial charge in [-0.15, -0.1) is 0 Å². The van der Waals surface area contributed by atoms with E-state index in [2.05, 4.69) is 4.98 Å². The van der Waals surface area contributed by atoms with Gasteiger partial charge in [-0.25, -0.2) is 13.6 Å². The summed E-state index contributed by atoms with van der Waals surface area (Å²) < 4.78 is 30.1. The molecule has 0 aliphatic rings. The SMILES string of the molecule is Cn1c(=O)c2c(nc(Cl)n2Cc2cc(F)cc(F)c2)n(C)c1=O.[K]. The second-order valence-electron chi connectivity index (χ2n) is 5.12. The average molecular weight is 380 g/mol. The first kappa shape index (κ1) is 19.5. The van der Waals surface area contributed by atoms with Crippen molar-refractivity contribution in [2.75, 3.05) is 0 Å². The minimum absolute atomic E-state index is 0. The van der Waals surface area contributed by atoms with Gasteiger partial charge in [0.1, 0.15) is 11.6 Å². The maximum atomic E-state index is 13.3. The van der Waals surface area contributed by atoms with Gasteiger partial charge in [0.05, 0.1) is 6.54 Å². The van der Waals surface area contributed by atoms with Crippen molar-refractivity contribution in [1.82, 2.24) is 18.7 Å². The fourth-order valence-corrected chi connectivity index (χ4v) is 2.67. The molecule has 6 nitrogen and oxygen atoms in total. The Balaban J connectivity index is 0.00000208. The van der Waals surface area contributed by atoms with Gasteiger partial charge in [0.25, 0.3) is 5.56 Å². The maximum absolute atomic E-state index is 13.3. The van der Waals surface area contributed by atoms with Crippen LogP contribution in [0.1, 0.15) is 5.56 Å². The van der Waals surface area contributed by atoms with Gasteiger partial charge < -0.3 is 4.57 Å². The number of aromatic nitrogens is 4. The summed E-state index contributed by atoms with van der Waals surface area (Å²) in [5.74, 6) is -1.47. The predicted molar refractivity (Wildman–Crippen MR) is 86.4 cm³/mol. The molecule has 24 heavy (non-hydrogen) atoms. The van der Waals surface area contributed by atoms with Crippen molar-refractivity contribution in [3.63, 3.8) is 0 Å². The number of benzene rings is 1. The van der Waals surface area contributed by atoms with Crippen LogP contribution in [0.3, 0.4) is 0 Å². The van der Waals surface area contributed by atoms with E-state index in [1.807, 2.05) is 0 Å². The Morgan fingerprint density at radius 1 is 1.08 bits per heavy atom. The molecule has 0 bridgehead atoms. The van der Waals surface area contributed by atoms with E-state index >= 15 is 0 Å². The molecule has 2 heterocycles. The zero-order valence-corrected chi connectivity index (χ0v) is 17.1. The first-order chi connectivity index (χ1) is 10.8. The third-order valence-corrected chi connectivity index (χ3v) is 3.85. The van der Waals surface area contributed by atoms with Crippen LogP contribution in [0.2, 0.25) is 5.28 Å². The fourth-order valence-electron chi connectivity index (χ4n) is 2.45. The van der Waals surface area contributed by atoms with E-state index in [-0.39, 0.29) is 79.9 Å². The molecule has 0 N–H and O–H groups in total. The van der Waals surface area contributed by atoms with Crippen LogP contribution in [-0.4, -0.2) is 70.1 Å². The summed E-state index contributed by atoms with van der Waals surface area (Å²) in [6.07, 6.45) is 0. The Morgan fingerprint density at radius 2 is 1.67 bits per heavy atom. The summed E-state index contributed by atoms with van der Waals surface area (Å²) in [5, 5.41) is -0.0528. The van der Waals surface area contributed by atoms with Crippen LogP contribution in [0.5, 0.6) is 0 Å². The van der Waals surface area contributed by atoms with E-state index in [9.17, 15) is 18.4 Å². The van der Waals surface area contributed by atoms with Crippen LogP contribution >= 0.6 is 11.6 Å². The Bertz CT molecular complexity index is 1040. The molecule has 0 saturated carbocycles. The molecule has 0 unspecified atom stereocenters. The molecular formula is C14H11ClF2KN4O2. The van der Waals surface area contributed by atoms with Gasteiger partial charge in [0.15, 0.2) is 11.2 Å². The van der Waals surface area contributed by atoms with Crippen LogP contribution in [-0.2, 0) is 20.6 Å². The molecule has 0 aliphatic heterocycles. The van der Waals surface area contributed by atoms with Crippen LogP contribution in [0.4, 0.5) is 8.78 Å². The van der Waals surface area contributed by atoms with E-state index in [1.54, 1.807) is 0 Å². The first-order valence-corrected chi connectivity index (χ1v) is 6.94. The topological polar surface area (TPSA) is 61.8 Å². The van der Waals surface area contributed by atoms with Gasteiger partial charge in [-0.3, -0.25) is 13.9 Å². The molecule has 2 aromatic heterocycles. The molecule has 1 radical (unpaired) electrons. The number of hydrogen-bond donors (Lipinski definition) is 0. The molecule has 0 atom stereocenters. The van der Waals surface area contributed by atoms with Crippen molar-refractivity contribution in [2.45, 2.75) is 6.54 Å². The van der Waals surface area contributed by atoms with E-state index in [0.29, 0.717) is 0 Å².